The molecule has 0 saturated carbocycles. The van der Waals surface area contributed by atoms with E-state index in [1.54, 1.807) is 0 Å². The highest BCUT2D eigenvalue weighted by atomic mass is 15.0. The third kappa shape index (κ3) is 4.02. The number of rotatable bonds is 0. The molecule has 0 aromatic heterocycles. The topological polar surface area (TPSA) is 24.4 Å². The van der Waals surface area contributed by atoms with Gasteiger partial charge in [0.05, 0.1) is 5.84 Å². The smallest absolute Gasteiger partial charge is 0.0932 e. The van der Waals surface area contributed by atoms with Crippen molar-refractivity contribution < 1.29 is 0 Å². The molecule has 0 radical (unpaired) electrons. The molecule has 11 heavy (non-hydrogen) atoms. The van der Waals surface area contributed by atoms with Crippen molar-refractivity contribution in [2.24, 2.45) is 10.4 Å². The molecular formula is C9H20N2. The molecule has 2 nitrogen and oxygen atoms in total. The quantitative estimate of drug-likeness (QED) is 0.570. The molecule has 0 amide bonds. The fourth-order valence-corrected chi connectivity index (χ4v) is 0.812. The molecule has 0 unspecified atom stereocenters. The van der Waals surface area contributed by atoms with Gasteiger partial charge < -0.3 is 5.32 Å². The van der Waals surface area contributed by atoms with E-state index < -0.39 is 0 Å². The van der Waals surface area contributed by atoms with Crippen LogP contribution < -0.4 is 5.32 Å². The van der Waals surface area contributed by atoms with Crippen molar-refractivity contribution in [1.82, 2.24) is 5.32 Å². The number of hydrogen-bond acceptors (Lipinski definition) is 2. The lowest BCUT2D eigenvalue weighted by Gasteiger charge is -2.27. The predicted octanol–water partition coefficient (Wildman–Crippen LogP) is 2.06. The van der Waals surface area contributed by atoms with E-state index in [0.717, 1.165) is 18.9 Å². The van der Waals surface area contributed by atoms with E-state index in [0.29, 0.717) is 5.41 Å². The summed E-state index contributed by atoms with van der Waals surface area (Å²) in [6.45, 7) is 12.5. The molecule has 0 spiro atoms. The van der Waals surface area contributed by atoms with Gasteiger partial charge in [0.15, 0.2) is 0 Å². The average molecular weight is 156 g/mol. The van der Waals surface area contributed by atoms with E-state index in [1.807, 2.05) is 20.8 Å². The monoisotopic (exact) mass is 156 g/mol. The molecule has 0 fully saturated rings. The first-order valence-electron chi connectivity index (χ1n) is 4.35. The molecule has 1 rings (SSSR count). The van der Waals surface area contributed by atoms with Gasteiger partial charge >= 0.3 is 0 Å². The molecule has 0 aromatic carbocycles. The van der Waals surface area contributed by atoms with Crippen molar-refractivity contribution in [1.29, 1.82) is 0 Å². The third-order valence-electron chi connectivity index (χ3n) is 1.57. The lowest BCUT2D eigenvalue weighted by molar-refractivity contribution is 0.361. The van der Waals surface area contributed by atoms with Crippen LogP contribution in [0, 0.1) is 5.41 Å². The van der Waals surface area contributed by atoms with Gasteiger partial charge in [-0.3, -0.25) is 4.99 Å². The number of nitrogens with zero attached hydrogens (tertiary/aromatic N) is 1. The van der Waals surface area contributed by atoms with Crippen LogP contribution in [0.3, 0.4) is 0 Å². The van der Waals surface area contributed by atoms with E-state index in [1.165, 1.54) is 0 Å². The molecule has 66 valence electrons. The van der Waals surface area contributed by atoms with Gasteiger partial charge in [0, 0.05) is 18.5 Å². The molecule has 0 saturated heterocycles. The predicted molar refractivity (Wildman–Crippen MR) is 51.1 cm³/mol. The van der Waals surface area contributed by atoms with Crippen molar-refractivity contribution >= 4 is 5.84 Å². The summed E-state index contributed by atoms with van der Waals surface area (Å²) in [5, 5.41) is 3.22. The molecule has 1 aliphatic heterocycles. The summed E-state index contributed by atoms with van der Waals surface area (Å²) in [6, 6.07) is 0. The fourth-order valence-electron chi connectivity index (χ4n) is 0.812. The van der Waals surface area contributed by atoms with Crippen LogP contribution in [-0.4, -0.2) is 18.9 Å². The number of hydrogen-bond donors (Lipinski definition) is 1. The van der Waals surface area contributed by atoms with Gasteiger partial charge in [-0.25, -0.2) is 0 Å². The van der Waals surface area contributed by atoms with Crippen LogP contribution in [0.4, 0.5) is 0 Å². The van der Waals surface area contributed by atoms with Crippen LogP contribution in [0.5, 0.6) is 0 Å². The van der Waals surface area contributed by atoms with Crippen molar-refractivity contribution in [3.63, 3.8) is 0 Å². The molecule has 1 N–H and O–H groups in total. The first-order valence-corrected chi connectivity index (χ1v) is 4.35. The van der Waals surface area contributed by atoms with E-state index in [4.69, 9.17) is 0 Å². The SMILES string of the molecule is CC.CC1=NCC(C)(C)CN1. The van der Waals surface area contributed by atoms with E-state index >= 15 is 0 Å². The second-order valence-electron chi connectivity index (χ2n) is 3.42. The first-order chi connectivity index (χ1) is 5.10. The van der Waals surface area contributed by atoms with E-state index in [-0.39, 0.29) is 0 Å². The summed E-state index contributed by atoms with van der Waals surface area (Å²) in [5.41, 5.74) is 0.361. The highest BCUT2D eigenvalue weighted by molar-refractivity contribution is 5.80. The van der Waals surface area contributed by atoms with E-state index in [2.05, 4.69) is 24.2 Å². The minimum atomic E-state index is 0.361. The van der Waals surface area contributed by atoms with Gasteiger partial charge in [-0.05, 0) is 6.92 Å². The Bertz CT molecular complexity index is 136. The van der Waals surface area contributed by atoms with Gasteiger partial charge in [0.1, 0.15) is 0 Å². The molecule has 0 atom stereocenters. The highest BCUT2D eigenvalue weighted by Gasteiger charge is 2.20. The van der Waals surface area contributed by atoms with E-state index in [9.17, 15) is 0 Å². The van der Waals surface area contributed by atoms with Gasteiger partial charge in [0.25, 0.3) is 0 Å². The van der Waals surface area contributed by atoms with Crippen molar-refractivity contribution in [3.05, 3.63) is 0 Å². The largest absolute Gasteiger partial charge is 0.373 e. The van der Waals surface area contributed by atoms with Crippen molar-refractivity contribution in [2.45, 2.75) is 34.6 Å². The number of aliphatic imine (C=N–C) groups is 1. The Kier molecular flexibility index (Phi) is 4.16. The zero-order valence-electron chi connectivity index (χ0n) is 8.36. The normalized spacial score (nSPS) is 20.6. The molecular weight excluding hydrogens is 136 g/mol. The van der Waals surface area contributed by atoms with Gasteiger partial charge in [0.2, 0.25) is 0 Å². The Labute approximate surface area is 70.1 Å². The third-order valence-corrected chi connectivity index (χ3v) is 1.57. The summed E-state index contributed by atoms with van der Waals surface area (Å²) in [7, 11) is 0. The van der Waals surface area contributed by atoms with Crippen LogP contribution in [0.1, 0.15) is 34.6 Å². The van der Waals surface area contributed by atoms with Crippen LogP contribution >= 0.6 is 0 Å². The maximum absolute atomic E-state index is 4.29. The maximum atomic E-state index is 4.29. The molecule has 1 heterocycles. The minimum absolute atomic E-state index is 0.361. The number of nitrogens with one attached hydrogen (secondary N) is 1. The fraction of sp³-hybridized carbons (Fsp3) is 0.889. The summed E-state index contributed by atoms with van der Waals surface area (Å²) >= 11 is 0. The second-order valence-corrected chi connectivity index (χ2v) is 3.42. The summed E-state index contributed by atoms with van der Waals surface area (Å²) in [5.74, 6) is 1.08. The zero-order chi connectivity index (χ0) is 8.91. The Hall–Kier alpha value is -0.530. The molecule has 2 heteroatoms. The van der Waals surface area contributed by atoms with Crippen LogP contribution in [0.25, 0.3) is 0 Å². The number of amidine groups is 1. The van der Waals surface area contributed by atoms with Crippen molar-refractivity contribution in [3.8, 4) is 0 Å². The molecule has 1 aliphatic rings. The zero-order valence-corrected chi connectivity index (χ0v) is 8.36. The summed E-state index contributed by atoms with van der Waals surface area (Å²) < 4.78 is 0. The Morgan fingerprint density at radius 2 is 1.91 bits per heavy atom. The second kappa shape index (κ2) is 4.37. The van der Waals surface area contributed by atoms with Gasteiger partial charge in [-0.2, -0.15) is 0 Å². The first kappa shape index (κ1) is 10.5. The lowest BCUT2D eigenvalue weighted by Crippen LogP contribution is -2.39. The van der Waals surface area contributed by atoms with Crippen LogP contribution in [0.2, 0.25) is 0 Å². The molecule has 0 aliphatic carbocycles. The molecule has 0 bridgehead atoms. The summed E-state index contributed by atoms with van der Waals surface area (Å²) in [6.07, 6.45) is 0. The minimum Gasteiger partial charge on any atom is -0.373 e. The average Bonchev–Trinajstić information content (AvgIpc) is 2.00. The van der Waals surface area contributed by atoms with Crippen LogP contribution in [0.15, 0.2) is 4.99 Å². The van der Waals surface area contributed by atoms with Crippen LogP contribution in [-0.2, 0) is 0 Å². The molecule has 0 aromatic rings. The lowest BCUT2D eigenvalue weighted by atomic mass is 9.93. The Morgan fingerprint density at radius 1 is 1.36 bits per heavy atom. The highest BCUT2D eigenvalue weighted by Crippen LogP contribution is 2.16. The Morgan fingerprint density at radius 3 is 2.18 bits per heavy atom. The standard InChI is InChI=1S/C7H14N2.C2H6/c1-6-8-4-7(2,3)5-9-6;1-2/h4-5H2,1-3H3,(H,8,9);1-2H3. The van der Waals surface area contributed by atoms with Crippen molar-refractivity contribution in [2.75, 3.05) is 13.1 Å². The van der Waals surface area contributed by atoms with Gasteiger partial charge in [-0.15, -0.1) is 0 Å². The van der Waals surface area contributed by atoms with Gasteiger partial charge in [-0.1, -0.05) is 27.7 Å². The summed E-state index contributed by atoms with van der Waals surface area (Å²) in [4.78, 5) is 4.29. The Balaban J connectivity index is 0.000000461. The maximum Gasteiger partial charge on any atom is 0.0932 e.